The third-order valence-corrected chi connectivity index (χ3v) is 6.48. The van der Waals surface area contributed by atoms with Gasteiger partial charge in [-0.05, 0) is 69.7 Å². The van der Waals surface area contributed by atoms with Crippen LogP contribution in [0.3, 0.4) is 0 Å². The lowest BCUT2D eigenvalue weighted by atomic mass is 9.95. The number of rotatable bonds is 3. The van der Waals surface area contributed by atoms with Crippen molar-refractivity contribution in [1.82, 2.24) is 4.90 Å². The van der Waals surface area contributed by atoms with Crippen molar-refractivity contribution in [3.63, 3.8) is 0 Å². The van der Waals surface area contributed by atoms with Crippen LogP contribution in [0.15, 0.2) is 14.3 Å². The first-order valence-corrected chi connectivity index (χ1v) is 8.46. The average Bonchev–Trinajstić information content (AvgIpc) is 2.69. The van der Waals surface area contributed by atoms with E-state index < -0.39 is 0 Å². The highest BCUT2D eigenvalue weighted by Gasteiger charge is 2.25. The number of halogens is 2. The number of carbonyl (C=O) groups is 1. The lowest BCUT2D eigenvalue weighted by molar-refractivity contribution is 0.0674. The summed E-state index contributed by atoms with van der Waals surface area (Å²) in [6.45, 7) is 2.43. The molecule has 1 unspecified atom stereocenters. The predicted molar refractivity (Wildman–Crippen MR) is 82.0 cm³/mol. The normalized spacial score (nSPS) is 20.2. The molecule has 6 heteroatoms. The average molecular weight is 396 g/mol. The number of carbonyl (C=O) groups excluding carboxylic acids is 1. The molecule has 100 valence electrons. The van der Waals surface area contributed by atoms with Crippen LogP contribution < -0.4 is 5.73 Å². The summed E-state index contributed by atoms with van der Waals surface area (Å²) in [6, 6.07) is 1.89. The zero-order valence-corrected chi connectivity index (χ0v) is 14.0. The van der Waals surface area contributed by atoms with Gasteiger partial charge in [-0.2, -0.15) is 0 Å². The first-order valence-electron chi connectivity index (χ1n) is 6.06. The molecule has 0 spiro atoms. The van der Waals surface area contributed by atoms with Crippen molar-refractivity contribution >= 4 is 49.1 Å². The summed E-state index contributed by atoms with van der Waals surface area (Å²) in [7, 11) is 0. The SMILES string of the molecule is NCCC1CCCN(C(=O)c2cc(Br)c(Br)s2)C1. The van der Waals surface area contributed by atoms with Gasteiger partial charge in [0.15, 0.2) is 0 Å². The Bertz CT molecular complexity index is 414. The van der Waals surface area contributed by atoms with Crippen LogP contribution in [0, 0.1) is 5.92 Å². The van der Waals surface area contributed by atoms with Gasteiger partial charge in [-0.3, -0.25) is 4.79 Å². The first kappa shape index (κ1) is 14.5. The molecule has 0 aromatic carbocycles. The second-order valence-electron chi connectivity index (χ2n) is 4.57. The van der Waals surface area contributed by atoms with E-state index in [9.17, 15) is 4.79 Å². The van der Waals surface area contributed by atoms with E-state index >= 15 is 0 Å². The quantitative estimate of drug-likeness (QED) is 0.851. The second kappa shape index (κ2) is 6.50. The fraction of sp³-hybridized carbons (Fsp3) is 0.583. The summed E-state index contributed by atoms with van der Waals surface area (Å²) in [5.74, 6) is 0.715. The van der Waals surface area contributed by atoms with Crippen molar-refractivity contribution in [1.29, 1.82) is 0 Å². The van der Waals surface area contributed by atoms with Crippen molar-refractivity contribution in [2.75, 3.05) is 19.6 Å². The van der Waals surface area contributed by atoms with Gasteiger partial charge in [0.25, 0.3) is 5.91 Å². The lowest BCUT2D eigenvalue weighted by Gasteiger charge is -2.32. The molecule has 0 bridgehead atoms. The van der Waals surface area contributed by atoms with Crippen molar-refractivity contribution in [3.8, 4) is 0 Å². The van der Waals surface area contributed by atoms with E-state index in [0.29, 0.717) is 12.5 Å². The van der Waals surface area contributed by atoms with Crippen molar-refractivity contribution in [3.05, 3.63) is 19.2 Å². The van der Waals surface area contributed by atoms with Crippen LogP contribution in [-0.4, -0.2) is 30.4 Å². The number of piperidine rings is 1. The number of amides is 1. The summed E-state index contributed by atoms with van der Waals surface area (Å²) in [5.41, 5.74) is 5.60. The predicted octanol–water partition coefficient (Wildman–Crippen LogP) is 3.47. The van der Waals surface area contributed by atoms with E-state index in [1.807, 2.05) is 11.0 Å². The molecule has 1 aromatic heterocycles. The molecule has 0 saturated carbocycles. The largest absolute Gasteiger partial charge is 0.338 e. The van der Waals surface area contributed by atoms with Gasteiger partial charge >= 0.3 is 0 Å². The molecule has 0 aliphatic carbocycles. The summed E-state index contributed by atoms with van der Waals surface area (Å²) < 4.78 is 1.92. The Morgan fingerprint density at radius 2 is 2.33 bits per heavy atom. The fourth-order valence-corrected chi connectivity index (χ4v) is 4.33. The third-order valence-electron chi connectivity index (χ3n) is 3.24. The number of hydrogen-bond acceptors (Lipinski definition) is 3. The highest BCUT2D eigenvalue weighted by Crippen LogP contribution is 2.33. The summed E-state index contributed by atoms with van der Waals surface area (Å²) in [6.07, 6.45) is 3.30. The first-order chi connectivity index (χ1) is 8.61. The molecular formula is C12H16Br2N2OS. The van der Waals surface area contributed by atoms with Crippen molar-refractivity contribution < 1.29 is 4.79 Å². The molecule has 1 amide bonds. The smallest absolute Gasteiger partial charge is 0.264 e. The molecule has 2 N–H and O–H groups in total. The highest BCUT2D eigenvalue weighted by atomic mass is 79.9. The molecular weight excluding hydrogens is 380 g/mol. The van der Waals surface area contributed by atoms with Crippen molar-refractivity contribution in [2.45, 2.75) is 19.3 Å². The molecule has 1 fully saturated rings. The Hall–Kier alpha value is 0.0900. The highest BCUT2D eigenvalue weighted by molar-refractivity contribution is 9.13. The van der Waals surface area contributed by atoms with E-state index in [-0.39, 0.29) is 5.91 Å². The van der Waals surface area contributed by atoms with Crippen LogP contribution in [0.5, 0.6) is 0 Å². The Kier molecular flexibility index (Phi) is 5.24. The van der Waals surface area contributed by atoms with Crippen molar-refractivity contribution in [2.24, 2.45) is 11.7 Å². The van der Waals surface area contributed by atoms with Gasteiger partial charge in [0, 0.05) is 17.6 Å². The number of nitrogens with two attached hydrogens (primary N) is 1. The molecule has 18 heavy (non-hydrogen) atoms. The van der Waals surface area contributed by atoms with E-state index in [1.54, 1.807) is 0 Å². The Morgan fingerprint density at radius 1 is 1.56 bits per heavy atom. The van der Waals surface area contributed by atoms with Gasteiger partial charge in [0.2, 0.25) is 0 Å². The van der Waals surface area contributed by atoms with E-state index in [1.165, 1.54) is 17.8 Å². The van der Waals surface area contributed by atoms with Crippen LogP contribution in [0.2, 0.25) is 0 Å². The zero-order valence-electron chi connectivity index (χ0n) is 9.99. The standard InChI is InChI=1S/C12H16Br2N2OS/c13-9-6-10(18-11(9)14)12(17)16-5-1-2-8(7-16)3-4-15/h6,8H,1-5,7,15H2. The minimum atomic E-state index is 0.146. The molecule has 2 rings (SSSR count). The summed E-state index contributed by atoms with van der Waals surface area (Å²) in [5, 5.41) is 0. The Morgan fingerprint density at radius 3 is 2.94 bits per heavy atom. The van der Waals surface area contributed by atoms with Gasteiger partial charge in [-0.1, -0.05) is 0 Å². The Balaban J connectivity index is 2.04. The van der Waals surface area contributed by atoms with Crippen LogP contribution in [0.4, 0.5) is 0 Å². The number of thiophene rings is 1. The van der Waals surface area contributed by atoms with Gasteiger partial charge in [0.1, 0.15) is 0 Å². The molecule has 0 radical (unpaired) electrons. The molecule has 1 aromatic rings. The zero-order chi connectivity index (χ0) is 13.1. The van der Waals surface area contributed by atoms with Crippen LogP contribution in [0.1, 0.15) is 28.9 Å². The Labute approximate surface area is 128 Å². The molecule has 1 atom stereocenters. The maximum Gasteiger partial charge on any atom is 0.264 e. The minimum absolute atomic E-state index is 0.146. The summed E-state index contributed by atoms with van der Waals surface area (Å²) in [4.78, 5) is 15.1. The third kappa shape index (κ3) is 3.35. The van der Waals surface area contributed by atoms with Gasteiger partial charge in [-0.25, -0.2) is 0 Å². The van der Waals surface area contributed by atoms with E-state index in [2.05, 4.69) is 31.9 Å². The molecule has 2 heterocycles. The maximum absolute atomic E-state index is 12.4. The monoisotopic (exact) mass is 394 g/mol. The number of likely N-dealkylation sites (tertiary alicyclic amines) is 1. The molecule has 1 aliphatic rings. The summed E-state index contributed by atoms with van der Waals surface area (Å²) >= 11 is 8.34. The minimum Gasteiger partial charge on any atom is -0.338 e. The van der Waals surface area contributed by atoms with Gasteiger partial charge < -0.3 is 10.6 Å². The maximum atomic E-state index is 12.4. The number of hydrogen-bond donors (Lipinski definition) is 1. The van der Waals surface area contributed by atoms with Gasteiger partial charge in [-0.15, -0.1) is 11.3 Å². The van der Waals surface area contributed by atoms with Crippen LogP contribution in [0.25, 0.3) is 0 Å². The lowest BCUT2D eigenvalue weighted by Crippen LogP contribution is -2.40. The van der Waals surface area contributed by atoms with E-state index in [4.69, 9.17) is 5.73 Å². The molecule has 3 nitrogen and oxygen atoms in total. The second-order valence-corrected chi connectivity index (χ2v) is 7.79. The molecule has 1 aliphatic heterocycles. The fourth-order valence-electron chi connectivity index (χ4n) is 2.33. The van der Waals surface area contributed by atoms with Gasteiger partial charge in [0.05, 0.1) is 8.66 Å². The van der Waals surface area contributed by atoms with Crippen LogP contribution in [-0.2, 0) is 0 Å². The van der Waals surface area contributed by atoms with E-state index in [0.717, 1.165) is 39.1 Å². The molecule has 1 saturated heterocycles. The topological polar surface area (TPSA) is 46.3 Å². The van der Waals surface area contributed by atoms with Crippen LogP contribution >= 0.6 is 43.2 Å². The number of nitrogens with zero attached hydrogens (tertiary/aromatic N) is 1.